The molecule has 0 amide bonds. The SMILES string of the molecule is OC1CCOCC1CCSc1ccccc1. The third kappa shape index (κ3) is 3.51. The van der Waals surface area contributed by atoms with Crippen LogP contribution in [0.2, 0.25) is 0 Å². The maximum Gasteiger partial charge on any atom is 0.0612 e. The van der Waals surface area contributed by atoms with Gasteiger partial charge in [-0.2, -0.15) is 0 Å². The fourth-order valence-electron chi connectivity index (χ4n) is 1.91. The van der Waals surface area contributed by atoms with E-state index in [1.165, 1.54) is 4.90 Å². The van der Waals surface area contributed by atoms with Crippen LogP contribution < -0.4 is 0 Å². The zero-order valence-corrected chi connectivity index (χ0v) is 10.2. The van der Waals surface area contributed by atoms with Crippen molar-refractivity contribution < 1.29 is 9.84 Å². The lowest BCUT2D eigenvalue weighted by atomic mass is 9.96. The van der Waals surface area contributed by atoms with Crippen molar-refractivity contribution in [3.05, 3.63) is 30.3 Å². The molecule has 0 radical (unpaired) electrons. The van der Waals surface area contributed by atoms with Crippen molar-refractivity contribution in [1.82, 2.24) is 0 Å². The van der Waals surface area contributed by atoms with Gasteiger partial charge in [-0.3, -0.25) is 0 Å². The summed E-state index contributed by atoms with van der Waals surface area (Å²) in [5.41, 5.74) is 0. The van der Waals surface area contributed by atoms with Crippen LogP contribution in [0.3, 0.4) is 0 Å². The molecule has 1 N–H and O–H groups in total. The Morgan fingerprint density at radius 1 is 1.31 bits per heavy atom. The van der Waals surface area contributed by atoms with E-state index in [0.717, 1.165) is 25.2 Å². The summed E-state index contributed by atoms with van der Waals surface area (Å²) >= 11 is 1.85. The van der Waals surface area contributed by atoms with Crippen molar-refractivity contribution >= 4 is 11.8 Å². The highest BCUT2D eigenvalue weighted by molar-refractivity contribution is 7.99. The second-order valence-corrected chi connectivity index (χ2v) is 5.31. The zero-order chi connectivity index (χ0) is 11.2. The summed E-state index contributed by atoms with van der Waals surface area (Å²) in [5, 5.41) is 9.78. The van der Waals surface area contributed by atoms with Crippen molar-refractivity contribution in [3.8, 4) is 0 Å². The first kappa shape index (κ1) is 12.0. The molecule has 2 rings (SSSR count). The average molecular weight is 238 g/mol. The van der Waals surface area contributed by atoms with Gasteiger partial charge >= 0.3 is 0 Å². The molecular weight excluding hydrogens is 220 g/mol. The van der Waals surface area contributed by atoms with E-state index >= 15 is 0 Å². The Balaban J connectivity index is 1.71. The summed E-state index contributed by atoms with van der Waals surface area (Å²) in [6.45, 7) is 1.43. The minimum Gasteiger partial charge on any atom is -0.393 e. The Hall–Kier alpha value is -0.510. The molecular formula is C13H18O2S. The van der Waals surface area contributed by atoms with E-state index < -0.39 is 0 Å². The number of aliphatic hydroxyl groups is 1. The predicted octanol–water partition coefficient (Wildman–Crippen LogP) is 2.57. The standard InChI is InChI=1S/C13H18O2S/c14-13-6-8-15-10-11(13)7-9-16-12-4-2-1-3-5-12/h1-5,11,13-14H,6-10H2. The second-order valence-electron chi connectivity index (χ2n) is 4.14. The second kappa shape index (κ2) is 6.28. The van der Waals surface area contributed by atoms with Crippen molar-refractivity contribution in [2.75, 3.05) is 19.0 Å². The summed E-state index contributed by atoms with van der Waals surface area (Å²) in [6.07, 6.45) is 1.66. The van der Waals surface area contributed by atoms with Crippen LogP contribution in [0.4, 0.5) is 0 Å². The van der Waals surface area contributed by atoms with Gasteiger partial charge in [-0.05, 0) is 30.7 Å². The zero-order valence-electron chi connectivity index (χ0n) is 9.34. The van der Waals surface area contributed by atoms with Crippen LogP contribution in [-0.2, 0) is 4.74 Å². The quantitative estimate of drug-likeness (QED) is 0.818. The molecule has 1 aromatic carbocycles. The van der Waals surface area contributed by atoms with E-state index in [-0.39, 0.29) is 6.10 Å². The topological polar surface area (TPSA) is 29.5 Å². The molecule has 88 valence electrons. The molecule has 3 heteroatoms. The molecule has 2 unspecified atom stereocenters. The highest BCUT2D eigenvalue weighted by Crippen LogP contribution is 2.24. The minimum atomic E-state index is -0.162. The van der Waals surface area contributed by atoms with Crippen LogP contribution in [0.5, 0.6) is 0 Å². The Labute approximate surface area is 101 Å². The van der Waals surface area contributed by atoms with E-state index in [0.29, 0.717) is 12.5 Å². The smallest absolute Gasteiger partial charge is 0.0612 e. The average Bonchev–Trinajstić information content (AvgIpc) is 2.33. The van der Waals surface area contributed by atoms with Crippen molar-refractivity contribution in [2.24, 2.45) is 5.92 Å². The number of ether oxygens (including phenoxy) is 1. The number of hydrogen-bond acceptors (Lipinski definition) is 3. The number of aliphatic hydroxyl groups excluding tert-OH is 1. The largest absolute Gasteiger partial charge is 0.393 e. The van der Waals surface area contributed by atoms with Gasteiger partial charge in [-0.1, -0.05) is 18.2 Å². The van der Waals surface area contributed by atoms with Gasteiger partial charge < -0.3 is 9.84 Å². The van der Waals surface area contributed by atoms with Crippen LogP contribution in [-0.4, -0.2) is 30.2 Å². The lowest BCUT2D eigenvalue weighted by molar-refractivity contribution is -0.0360. The number of thioether (sulfide) groups is 1. The van der Waals surface area contributed by atoms with Crippen molar-refractivity contribution in [2.45, 2.75) is 23.8 Å². The molecule has 1 heterocycles. The van der Waals surface area contributed by atoms with Gasteiger partial charge in [-0.15, -0.1) is 11.8 Å². The van der Waals surface area contributed by atoms with Gasteiger partial charge in [0, 0.05) is 17.4 Å². The molecule has 0 bridgehead atoms. The summed E-state index contributed by atoms with van der Waals surface area (Å²) in [6, 6.07) is 10.4. The summed E-state index contributed by atoms with van der Waals surface area (Å²) in [5.74, 6) is 1.37. The maximum absolute atomic E-state index is 9.78. The van der Waals surface area contributed by atoms with Gasteiger partial charge in [0.05, 0.1) is 12.7 Å². The molecule has 1 aliphatic rings. The van der Waals surface area contributed by atoms with Crippen molar-refractivity contribution in [3.63, 3.8) is 0 Å². The first-order valence-electron chi connectivity index (χ1n) is 5.80. The molecule has 0 aliphatic carbocycles. The molecule has 1 aromatic rings. The molecule has 0 spiro atoms. The summed E-state index contributed by atoms with van der Waals surface area (Å²) < 4.78 is 5.39. The molecule has 2 nitrogen and oxygen atoms in total. The van der Waals surface area contributed by atoms with Gasteiger partial charge in [-0.25, -0.2) is 0 Å². The lowest BCUT2D eigenvalue weighted by Gasteiger charge is -2.27. The third-order valence-corrected chi connectivity index (χ3v) is 3.98. The number of rotatable bonds is 4. The van der Waals surface area contributed by atoms with Crippen LogP contribution in [0, 0.1) is 5.92 Å². The molecule has 1 saturated heterocycles. The van der Waals surface area contributed by atoms with Crippen LogP contribution >= 0.6 is 11.8 Å². The predicted molar refractivity (Wildman–Crippen MR) is 66.7 cm³/mol. The van der Waals surface area contributed by atoms with E-state index in [2.05, 4.69) is 24.3 Å². The minimum absolute atomic E-state index is 0.162. The normalized spacial score (nSPS) is 25.6. The first-order chi connectivity index (χ1) is 7.86. The van der Waals surface area contributed by atoms with E-state index in [9.17, 15) is 5.11 Å². The van der Waals surface area contributed by atoms with E-state index in [1.807, 2.05) is 17.8 Å². The van der Waals surface area contributed by atoms with Crippen LogP contribution in [0.25, 0.3) is 0 Å². The summed E-state index contributed by atoms with van der Waals surface area (Å²) in [4.78, 5) is 1.30. The first-order valence-corrected chi connectivity index (χ1v) is 6.78. The molecule has 0 aromatic heterocycles. The van der Waals surface area contributed by atoms with Crippen LogP contribution in [0.15, 0.2) is 35.2 Å². The van der Waals surface area contributed by atoms with Gasteiger partial charge in [0.2, 0.25) is 0 Å². The lowest BCUT2D eigenvalue weighted by Crippen LogP contribution is -2.32. The molecule has 1 fully saturated rings. The number of hydrogen-bond donors (Lipinski definition) is 1. The summed E-state index contributed by atoms with van der Waals surface area (Å²) in [7, 11) is 0. The Bertz CT molecular complexity index is 302. The van der Waals surface area contributed by atoms with Gasteiger partial charge in [0.1, 0.15) is 0 Å². The molecule has 1 aliphatic heterocycles. The van der Waals surface area contributed by atoms with Crippen molar-refractivity contribution in [1.29, 1.82) is 0 Å². The highest BCUT2D eigenvalue weighted by Gasteiger charge is 2.22. The van der Waals surface area contributed by atoms with Gasteiger partial charge in [0.15, 0.2) is 0 Å². The van der Waals surface area contributed by atoms with E-state index in [1.54, 1.807) is 0 Å². The Morgan fingerprint density at radius 2 is 2.12 bits per heavy atom. The number of benzene rings is 1. The fraction of sp³-hybridized carbons (Fsp3) is 0.538. The monoisotopic (exact) mass is 238 g/mol. The molecule has 0 saturated carbocycles. The Morgan fingerprint density at radius 3 is 2.88 bits per heavy atom. The molecule has 16 heavy (non-hydrogen) atoms. The third-order valence-electron chi connectivity index (χ3n) is 2.93. The Kier molecular flexibility index (Phi) is 4.69. The molecule has 2 atom stereocenters. The highest BCUT2D eigenvalue weighted by atomic mass is 32.2. The fourth-order valence-corrected chi connectivity index (χ4v) is 2.91. The van der Waals surface area contributed by atoms with Crippen LogP contribution in [0.1, 0.15) is 12.8 Å². The van der Waals surface area contributed by atoms with Gasteiger partial charge in [0.25, 0.3) is 0 Å². The maximum atomic E-state index is 9.78. The van der Waals surface area contributed by atoms with E-state index in [4.69, 9.17) is 4.74 Å².